The van der Waals surface area contributed by atoms with E-state index < -0.39 is 6.04 Å². The standard InChI is InChI=1S/C26H27N7O2S2/c1-15-8-19(25(34)31-12-17-9-16-11-29-23(27)10-21(16)37-17)33-24(15)30-13-20(26(33)35)32-6-7-36-22(14-32)18-4-2-3-5-28-18/h2-5,9-11,13,15,19,22H,6-8,12,14H2,1H3,(H2,27,29)(H,31,34)/t15-,19+,22?/m1/s1. The molecule has 0 saturated carbocycles. The largest absolute Gasteiger partial charge is 0.384 e. The van der Waals surface area contributed by atoms with Gasteiger partial charge in [-0.15, -0.1) is 23.1 Å². The van der Waals surface area contributed by atoms with Crippen LogP contribution in [0, 0.1) is 0 Å². The number of anilines is 2. The Bertz CT molecular complexity index is 1520. The van der Waals surface area contributed by atoms with E-state index in [9.17, 15) is 9.59 Å². The number of carbonyl (C=O) groups excluding carboxylic acids is 1. The zero-order chi connectivity index (χ0) is 25.5. The maximum absolute atomic E-state index is 13.7. The van der Waals surface area contributed by atoms with Gasteiger partial charge in [-0.2, -0.15) is 0 Å². The van der Waals surface area contributed by atoms with Gasteiger partial charge in [0.2, 0.25) is 5.91 Å². The van der Waals surface area contributed by atoms with Gasteiger partial charge in [0.15, 0.2) is 0 Å². The monoisotopic (exact) mass is 533 g/mol. The lowest BCUT2D eigenvalue weighted by Gasteiger charge is -2.33. The number of nitrogens with one attached hydrogen (secondary N) is 1. The van der Waals surface area contributed by atoms with Crippen molar-refractivity contribution in [1.29, 1.82) is 0 Å². The molecule has 1 fully saturated rings. The highest BCUT2D eigenvalue weighted by atomic mass is 32.2. The third-order valence-corrected chi connectivity index (χ3v) is 9.28. The van der Waals surface area contributed by atoms with Crippen molar-refractivity contribution in [2.45, 2.75) is 37.1 Å². The van der Waals surface area contributed by atoms with Gasteiger partial charge in [0, 0.05) is 52.1 Å². The first-order chi connectivity index (χ1) is 18.0. The maximum Gasteiger partial charge on any atom is 0.277 e. The number of carbonyl (C=O) groups is 1. The SMILES string of the molecule is C[C@@H]1C[C@@H](C(=O)NCc2cc3cnc(N)cc3s2)n2c1ncc(N1CCSC(c3ccccn3)C1)c2=O. The molecule has 11 heteroatoms. The third-order valence-electron chi connectivity index (χ3n) is 6.97. The Morgan fingerprint density at radius 3 is 2.95 bits per heavy atom. The molecule has 190 valence electrons. The average Bonchev–Trinajstić information content (AvgIpc) is 3.48. The van der Waals surface area contributed by atoms with Crippen LogP contribution >= 0.6 is 23.1 Å². The lowest BCUT2D eigenvalue weighted by molar-refractivity contribution is -0.124. The number of nitrogens with zero attached hydrogens (tertiary/aromatic N) is 5. The molecule has 1 unspecified atom stereocenters. The van der Waals surface area contributed by atoms with Crippen molar-refractivity contribution >= 4 is 50.6 Å². The lowest BCUT2D eigenvalue weighted by Crippen LogP contribution is -2.41. The van der Waals surface area contributed by atoms with Gasteiger partial charge in [0.25, 0.3) is 5.56 Å². The fraction of sp³-hybridized carbons (Fsp3) is 0.346. The maximum atomic E-state index is 13.7. The molecule has 0 bridgehead atoms. The molecule has 4 aromatic rings. The van der Waals surface area contributed by atoms with Crippen molar-refractivity contribution in [3.63, 3.8) is 0 Å². The van der Waals surface area contributed by atoms with Gasteiger partial charge in [-0.05, 0) is 30.7 Å². The summed E-state index contributed by atoms with van der Waals surface area (Å²) in [4.78, 5) is 43.5. The number of fused-ring (bicyclic) bond motifs is 2. The van der Waals surface area contributed by atoms with Crippen molar-refractivity contribution in [3.8, 4) is 0 Å². The molecule has 2 aliphatic rings. The molecule has 0 aliphatic carbocycles. The number of thiophene rings is 1. The minimum atomic E-state index is -0.581. The van der Waals surface area contributed by atoms with E-state index in [2.05, 4.69) is 25.2 Å². The fourth-order valence-electron chi connectivity index (χ4n) is 5.12. The predicted octanol–water partition coefficient (Wildman–Crippen LogP) is 3.49. The Balaban J connectivity index is 1.22. The minimum absolute atomic E-state index is 0.0223. The molecule has 0 radical (unpaired) electrons. The van der Waals surface area contributed by atoms with Crippen LogP contribution in [0.5, 0.6) is 0 Å². The summed E-state index contributed by atoms with van der Waals surface area (Å²) in [6, 6.07) is 9.19. The van der Waals surface area contributed by atoms with Crippen LogP contribution in [0.25, 0.3) is 10.1 Å². The van der Waals surface area contributed by atoms with Crippen LogP contribution in [-0.2, 0) is 11.3 Å². The number of hydrogen-bond acceptors (Lipinski definition) is 9. The Morgan fingerprint density at radius 1 is 1.22 bits per heavy atom. The number of rotatable bonds is 5. The highest BCUT2D eigenvalue weighted by molar-refractivity contribution is 7.99. The minimum Gasteiger partial charge on any atom is -0.384 e. The summed E-state index contributed by atoms with van der Waals surface area (Å²) in [6.07, 6.45) is 5.78. The first-order valence-corrected chi connectivity index (χ1v) is 14.1. The third kappa shape index (κ3) is 4.57. The summed E-state index contributed by atoms with van der Waals surface area (Å²) in [5.41, 5.74) is 7.20. The van der Waals surface area contributed by atoms with Crippen LogP contribution in [0.15, 0.2) is 53.7 Å². The molecular formula is C26H27N7O2S2. The molecule has 3 N–H and O–H groups in total. The molecule has 3 atom stereocenters. The van der Waals surface area contributed by atoms with E-state index >= 15 is 0 Å². The van der Waals surface area contributed by atoms with Crippen LogP contribution < -0.4 is 21.5 Å². The van der Waals surface area contributed by atoms with Crippen molar-refractivity contribution in [1.82, 2.24) is 24.8 Å². The lowest BCUT2D eigenvalue weighted by atomic mass is 10.1. The van der Waals surface area contributed by atoms with Crippen LogP contribution in [0.1, 0.15) is 46.9 Å². The quantitative estimate of drug-likeness (QED) is 0.400. The molecule has 0 aromatic carbocycles. The molecule has 37 heavy (non-hydrogen) atoms. The molecule has 1 saturated heterocycles. The number of hydrogen-bond donors (Lipinski definition) is 2. The molecule has 6 rings (SSSR count). The summed E-state index contributed by atoms with van der Waals surface area (Å²) in [5.74, 6) is 1.89. The fourth-order valence-corrected chi connectivity index (χ4v) is 7.35. The number of nitrogens with two attached hydrogens (primary N) is 1. The molecule has 6 heterocycles. The van der Waals surface area contributed by atoms with Gasteiger partial charge in [-0.1, -0.05) is 13.0 Å². The summed E-state index contributed by atoms with van der Waals surface area (Å²) in [6.45, 7) is 3.83. The van der Waals surface area contributed by atoms with Gasteiger partial charge in [0.1, 0.15) is 23.4 Å². The number of amides is 1. The molecule has 2 aliphatic heterocycles. The van der Waals surface area contributed by atoms with E-state index in [4.69, 9.17) is 5.73 Å². The van der Waals surface area contributed by atoms with E-state index in [0.29, 0.717) is 36.8 Å². The van der Waals surface area contributed by atoms with Gasteiger partial charge < -0.3 is 16.0 Å². The normalized spacial score (nSPS) is 21.2. The molecule has 9 nitrogen and oxygen atoms in total. The second kappa shape index (κ2) is 9.79. The van der Waals surface area contributed by atoms with E-state index in [1.165, 1.54) is 0 Å². The Morgan fingerprint density at radius 2 is 2.11 bits per heavy atom. The van der Waals surface area contributed by atoms with Crippen molar-refractivity contribution in [2.75, 3.05) is 29.5 Å². The zero-order valence-electron chi connectivity index (χ0n) is 20.3. The van der Waals surface area contributed by atoms with Crippen molar-refractivity contribution < 1.29 is 4.79 Å². The van der Waals surface area contributed by atoms with Gasteiger partial charge >= 0.3 is 0 Å². The van der Waals surface area contributed by atoms with Gasteiger partial charge in [-0.3, -0.25) is 19.1 Å². The topological polar surface area (TPSA) is 119 Å². The zero-order valence-corrected chi connectivity index (χ0v) is 22.0. The summed E-state index contributed by atoms with van der Waals surface area (Å²) >= 11 is 3.43. The predicted molar refractivity (Wildman–Crippen MR) is 148 cm³/mol. The number of aromatic nitrogens is 4. The van der Waals surface area contributed by atoms with E-state index in [1.54, 1.807) is 34.5 Å². The summed E-state index contributed by atoms with van der Waals surface area (Å²) in [7, 11) is 0. The number of thioether (sulfide) groups is 1. The van der Waals surface area contributed by atoms with E-state index in [-0.39, 0.29) is 22.6 Å². The second-order valence-electron chi connectivity index (χ2n) is 9.47. The Labute approximate surface area is 222 Å². The number of pyridine rings is 2. The highest BCUT2D eigenvalue weighted by Gasteiger charge is 2.37. The average molecular weight is 534 g/mol. The first kappa shape index (κ1) is 23.9. The number of nitrogen functional groups attached to an aromatic ring is 1. The summed E-state index contributed by atoms with van der Waals surface area (Å²) < 4.78 is 2.65. The molecular weight excluding hydrogens is 506 g/mol. The smallest absolute Gasteiger partial charge is 0.277 e. The Hall–Kier alpha value is -3.44. The van der Waals surface area contributed by atoms with E-state index in [1.807, 2.05) is 49.0 Å². The molecule has 1 amide bonds. The van der Waals surface area contributed by atoms with Crippen LogP contribution in [0.2, 0.25) is 0 Å². The van der Waals surface area contributed by atoms with Gasteiger partial charge in [0.05, 0.1) is 23.7 Å². The Kier molecular flexibility index (Phi) is 6.33. The van der Waals surface area contributed by atoms with Crippen molar-refractivity contribution in [2.24, 2.45) is 0 Å². The molecule has 0 spiro atoms. The van der Waals surface area contributed by atoms with Crippen LogP contribution in [0.4, 0.5) is 11.5 Å². The first-order valence-electron chi connectivity index (χ1n) is 12.3. The molecule has 4 aromatic heterocycles. The van der Waals surface area contributed by atoms with Gasteiger partial charge in [-0.25, -0.2) is 9.97 Å². The van der Waals surface area contributed by atoms with Crippen LogP contribution in [-0.4, -0.2) is 44.3 Å². The summed E-state index contributed by atoms with van der Waals surface area (Å²) in [5, 5.41) is 4.22. The van der Waals surface area contributed by atoms with E-state index in [0.717, 1.165) is 33.0 Å². The highest BCUT2D eigenvalue weighted by Crippen LogP contribution is 2.36. The van der Waals surface area contributed by atoms with Crippen molar-refractivity contribution in [3.05, 3.63) is 75.7 Å². The second-order valence-corrected chi connectivity index (χ2v) is 11.9. The van der Waals surface area contributed by atoms with Crippen LogP contribution in [0.3, 0.4) is 0 Å².